The normalized spacial score (nSPS) is 19.6. The summed E-state index contributed by atoms with van der Waals surface area (Å²) < 4.78 is 5.45. The number of nitrogens with zero attached hydrogens (tertiary/aromatic N) is 1. The second-order valence-corrected chi connectivity index (χ2v) is 5.27. The summed E-state index contributed by atoms with van der Waals surface area (Å²) in [7, 11) is 0. The van der Waals surface area contributed by atoms with Gasteiger partial charge in [-0.2, -0.15) is 0 Å². The van der Waals surface area contributed by atoms with E-state index >= 15 is 0 Å². The van der Waals surface area contributed by atoms with Gasteiger partial charge in [0.25, 0.3) is 0 Å². The van der Waals surface area contributed by atoms with Gasteiger partial charge in [0, 0.05) is 0 Å². The highest BCUT2D eigenvalue weighted by molar-refractivity contribution is 6.04. The van der Waals surface area contributed by atoms with Gasteiger partial charge >= 0.3 is 5.97 Å². The molecule has 1 amide bonds. The molecule has 1 heterocycles. The zero-order valence-corrected chi connectivity index (χ0v) is 11.0. The van der Waals surface area contributed by atoms with E-state index in [9.17, 15) is 14.7 Å². The van der Waals surface area contributed by atoms with Crippen molar-refractivity contribution in [1.29, 1.82) is 0 Å². The number of carboxylic acid groups (broad SMARTS) is 1. The summed E-state index contributed by atoms with van der Waals surface area (Å²) in [4.78, 5) is 25.3. The first-order valence-electron chi connectivity index (χ1n) is 6.63. The largest absolute Gasteiger partial charge is 0.489 e. The minimum Gasteiger partial charge on any atom is -0.489 e. The zero-order chi connectivity index (χ0) is 14.3. The average molecular weight is 276 g/mol. The van der Waals surface area contributed by atoms with Crippen LogP contribution in [0, 0.1) is 0 Å². The standard InChI is InChI=1S/C14H16N2O4/c15-14(5-2-6-14)13(19)16-7-8-20-11-9(12(17)18)3-1-4-10(11)16/h1,3-4H,2,5-8,15H2,(H,17,18). The second kappa shape index (κ2) is 4.49. The van der Waals surface area contributed by atoms with E-state index in [4.69, 9.17) is 10.5 Å². The SMILES string of the molecule is NC1(C(=O)N2CCOc3c(C(=O)O)cccc32)CCC1. The van der Waals surface area contributed by atoms with Crippen molar-refractivity contribution < 1.29 is 19.4 Å². The molecule has 1 saturated carbocycles. The molecule has 20 heavy (non-hydrogen) atoms. The summed E-state index contributed by atoms with van der Waals surface area (Å²) in [6.45, 7) is 0.674. The molecule has 1 aliphatic carbocycles. The Hall–Kier alpha value is -2.08. The first kappa shape index (κ1) is 12.9. The lowest BCUT2D eigenvalue weighted by atomic mass is 9.76. The smallest absolute Gasteiger partial charge is 0.339 e. The molecular formula is C14H16N2O4. The van der Waals surface area contributed by atoms with Crippen molar-refractivity contribution >= 4 is 17.6 Å². The number of para-hydroxylation sites is 1. The summed E-state index contributed by atoms with van der Waals surface area (Å²) in [5.41, 5.74) is 5.85. The Morgan fingerprint density at radius 3 is 2.70 bits per heavy atom. The number of rotatable bonds is 2. The molecule has 0 atom stereocenters. The lowest BCUT2D eigenvalue weighted by Gasteiger charge is -2.42. The van der Waals surface area contributed by atoms with Crippen molar-refractivity contribution in [2.75, 3.05) is 18.1 Å². The van der Waals surface area contributed by atoms with Crippen LogP contribution in [0.4, 0.5) is 5.69 Å². The van der Waals surface area contributed by atoms with Crippen LogP contribution >= 0.6 is 0 Å². The van der Waals surface area contributed by atoms with Crippen molar-refractivity contribution in [3.63, 3.8) is 0 Å². The highest BCUT2D eigenvalue weighted by Crippen LogP contribution is 2.39. The molecule has 2 aliphatic rings. The second-order valence-electron chi connectivity index (χ2n) is 5.27. The lowest BCUT2D eigenvalue weighted by molar-refractivity contribution is -0.126. The monoisotopic (exact) mass is 276 g/mol. The van der Waals surface area contributed by atoms with Crippen LogP contribution in [0.3, 0.4) is 0 Å². The lowest BCUT2D eigenvalue weighted by Crippen LogP contribution is -2.60. The van der Waals surface area contributed by atoms with E-state index in [0.717, 1.165) is 6.42 Å². The van der Waals surface area contributed by atoms with E-state index in [-0.39, 0.29) is 23.8 Å². The minimum absolute atomic E-state index is 0.0691. The number of carboxylic acids is 1. The highest BCUT2D eigenvalue weighted by Gasteiger charge is 2.44. The van der Waals surface area contributed by atoms with Gasteiger partial charge in [0.2, 0.25) is 5.91 Å². The summed E-state index contributed by atoms with van der Waals surface area (Å²) >= 11 is 0. The van der Waals surface area contributed by atoms with Crippen molar-refractivity contribution in [3.8, 4) is 5.75 Å². The van der Waals surface area contributed by atoms with Gasteiger partial charge in [-0.25, -0.2) is 4.79 Å². The minimum atomic E-state index is -1.07. The molecule has 1 aromatic carbocycles. The average Bonchev–Trinajstić information content (AvgIpc) is 2.42. The van der Waals surface area contributed by atoms with Crippen molar-refractivity contribution in [1.82, 2.24) is 0 Å². The Kier molecular flexibility index (Phi) is 2.90. The first-order chi connectivity index (χ1) is 9.53. The van der Waals surface area contributed by atoms with E-state index in [1.54, 1.807) is 17.0 Å². The van der Waals surface area contributed by atoms with Crippen LogP contribution in [-0.2, 0) is 4.79 Å². The third kappa shape index (κ3) is 1.84. The number of ether oxygens (including phenoxy) is 1. The number of fused-ring (bicyclic) bond motifs is 1. The molecule has 0 aromatic heterocycles. The fourth-order valence-corrected chi connectivity index (χ4v) is 2.67. The van der Waals surface area contributed by atoms with E-state index < -0.39 is 11.5 Å². The molecule has 1 fully saturated rings. The quantitative estimate of drug-likeness (QED) is 0.840. The van der Waals surface area contributed by atoms with Crippen LogP contribution in [0.15, 0.2) is 18.2 Å². The Bertz CT molecular complexity index is 581. The van der Waals surface area contributed by atoms with Gasteiger partial charge in [0.15, 0.2) is 5.75 Å². The predicted molar refractivity (Wildman–Crippen MR) is 72.0 cm³/mol. The number of aromatic carboxylic acids is 1. The Morgan fingerprint density at radius 1 is 1.35 bits per heavy atom. The van der Waals surface area contributed by atoms with Crippen LogP contribution in [-0.4, -0.2) is 35.7 Å². The van der Waals surface area contributed by atoms with Gasteiger partial charge in [-0.05, 0) is 31.4 Å². The first-order valence-corrected chi connectivity index (χ1v) is 6.63. The van der Waals surface area contributed by atoms with Crippen LogP contribution < -0.4 is 15.4 Å². The molecule has 0 unspecified atom stereocenters. The summed E-state index contributed by atoms with van der Waals surface area (Å²) in [5, 5.41) is 9.17. The molecule has 106 valence electrons. The Morgan fingerprint density at radius 2 is 2.10 bits per heavy atom. The van der Waals surface area contributed by atoms with Crippen LogP contribution in [0.1, 0.15) is 29.6 Å². The molecule has 1 aliphatic heterocycles. The Balaban J connectivity index is 2.00. The molecule has 0 saturated heterocycles. The van der Waals surface area contributed by atoms with E-state index in [1.807, 2.05) is 0 Å². The number of carbonyl (C=O) groups excluding carboxylic acids is 1. The molecule has 6 nitrogen and oxygen atoms in total. The van der Waals surface area contributed by atoms with Crippen molar-refractivity contribution in [3.05, 3.63) is 23.8 Å². The van der Waals surface area contributed by atoms with Gasteiger partial charge in [-0.15, -0.1) is 0 Å². The van der Waals surface area contributed by atoms with Crippen molar-refractivity contribution in [2.24, 2.45) is 5.73 Å². The van der Waals surface area contributed by atoms with Gasteiger partial charge in [-0.1, -0.05) is 6.07 Å². The maximum atomic E-state index is 12.5. The molecule has 3 N–H and O–H groups in total. The number of anilines is 1. The number of hydrogen-bond donors (Lipinski definition) is 2. The maximum Gasteiger partial charge on any atom is 0.339 e. The fourth-order valence-electron chi connectivity index (χ4n) is 2.67. The molecule has 1 aromatic rings. The van der Waals surface area contributed by atoms with Crippen LogP contribution in [0.5, 0.6) is 5.75 Å². The molecule has 0 spiro atoms. The maximum absolute atomic E-state index is 12.5. The van der Waals surface area contributed by atoms with Gasteiger partial charge in [0.1, 0.15) is 12.2 Å². The van der Waals surface area contributed by atoms with Crippen LogP contribution in [0.25, 0.3) is 0 Å². The molecule has 0 radical (unpaired) electrons. The molecule has 3 rings (SSSR count). The number of carbonyl (C=O) groups is 2. The highest BCUT2D eigenvalue weighted by atomic mass is 16.5. The number of hydrogen-bond acceptors (Lipinski definition) is 4. The van der Waals surface area contributed by atoms with Gasteiger partial charge in [-0.3, -0.25) is 4.79 Å². The predicted octanol–water partition coefficient (Wildman–Crippen LogP) is 0.992. The summed E-state index contributed by atoms with van der Waals surface area (Å²) in [5.74, 6) is -0.958. The van der Waals surface area contributed by atoms with Gasteiger partial charge in [0.05, 0.1) is 17.8 Å². The Labute approximate surface area is 116 Å². The summed E-state index contributed by atoms with van der Waals surface area (Å²) in [6, 6.07) is 4.78. The third-order valence-corrected chi connectivity index (χ3v) is 3.99. The zero-order valence-electron chi connectivity index (χ0n) is 11.0. The van der Waals surface area contributed by atoms with E-state index in [0.29, 0.717) is 25.1 Å². The number of amides is 1. The number of nitrogens with two attached hydrogens (primary N) is 1. The molecule has 0 bridgehead atoms. The van der Waals surface area contributed by atoms with Gasteiger partial charge < -0.3 is 20.5 Å². The van der Waals surface area contributed by atoms with E-state index in [1.165, 1.54) is 6.07 Å². The number of benzene rings is 1. The molecular weight excluding hydrogens is 260 g/mol. The summed E-state index contributed by atoms with van der Waals surface area (Å²) in [6.07, 6.45) is 2.31. The topological polar surface area (TPSA) is 92.9 Å². The fraction of sp³-hybridized carbons (Fsp3) is 0.429. The van der Waals surface area contributed by atoms with Crippen LogP contribution in [0.2, 0.25) is 0 Å². The van der Waals surface area contributed by atoms with E-state index in [2.05, 4.69) is 0 Å². The van der Waals surface area contributed by atoms with Crippen molar-refractivity contribution in [2.45, 2.75) is 24.8 Å². The third-order valence-electron chi connectivity index (χ3n) is 3.99. The molecule has 6 heteroatoms.